The van der Waals surface area contributed by atoms with Crippen LogP contribution in [0.25, 0.3) is 11.3 Å². The van der Waals surface area contributed by atoms with E-state index in [9.17, 15) is 10.1 Å². The van der Waals surface area contributed by atoms with E-state index >= 15 is 0 Å². The van der Waals surface area contributed by atoms with Crippen molar-refractivity contribution in [2.75, 3.05) is 32.9 Å². The van der Waals surface area contributed by atoms with Crippen LogP contribution in [0.15, 0.2) is 47.6 Å². The second kappa shape index (κ2) is 9.82. The number of benzene rings is 2. The lowest BCUT2D eigenvalue weighted by molar-refractivity contribution is 0.0601. The molecule has 1 heterocycles. The van der Waals surface area contributed by atoms with Crippen molar-refractivity contribution in [2.45, 2.75) is 5.16 Å². The number of nitrogens with zero attached hydrogens (tertiary/aromatic N) is 3. The van der Waals surface area contributed by atoms with Gasteiger partial charge in [0.15, 0.2) is 22.5 Å². The van der Waals surface area contributed by atoms with E-state index in [-0.39, 0.29) is 5.56 Å². The Bertz CT molecular complexity index is 1140. The minimum absolute atomic E-state index is 0.280. The van der Waals surface area contributed by atoms with Crippen LogP contribution >= 0.6 is 11.8 Å². The highest BCUT2D eigenvalue weighted by Crippen LogP contribution is 2.35. The second-order valence-corrected chi connectivity index (χ2v) is 6.93. The lowest BCUT2D eigenvalue weighted by Crippen LogP contribution is -2.04. The maximum Gasteiger partial charge on any atom is 0.337 e. The largest absolute Gasteiger partial charge is 0.493 e. The quantitative estimate of drug-likeness (QED) is 0.330. The van der Waals surface area contributed by atoms with Crippen LogP contribution in [0.4, 0.5) is 11.5 Å². The maximum atomic E-state index is 11.6. The summed E-state index contributed by atoms with van der Waals surface area (Å²) < 4.78 is 15.4. The van der Waals surface area contributed by atoms with Gasteiger partial charge in [-0.1, -0.05) is 11.8 Å². The summed E-state index contributed by atoms with van der Waals surface area (Å²) in [6.45, 7) is 0. The summed E-state index contributed by atoms with van der Waals surface area (Å²) in [4.78, 5) is 20.6. The second-order valence-electron chi connectivity index (χ2n) is 6.16. The number of nitriles is 1. The van der Waals surface area contributed by atoms with E-state index in [1.807, 2.05) is 12.3 Å². The highest BCUT2D eigenvalue weighted by Gasteiger charge is 2.18. The van der Waals surface area contributed by atoms with Crippen molar-refractivity contribution in [3.63, 3.8) is 0 Å². The van der Waals surface area contributed by atoms with Gasteiger partial charge in [-0.2, -0.15) is 5.26 Å². The first-order valence-electron chi connectivity index (χ1n) is 9.08. The predicted molar refractivity (Wildman–Crippen MR) is 118 cm³/mol. The fourth-order valence-corrected chi connectivity index (χ4v) is 3.23. The Hall–Kier alpha value is -3.77. The minimum atomic E-state index is -0.424. The Balaban J connectivity index is 2.06. The summed E-state index contributed by atoms with van der Waals surface area (Å²) in [5.41, 5.74) is 2.52. The molecule has 0 fully saturated rings. The Labute approximate surface area is 184 Å². The van der Waals surface area contributed by atoms with Crippen LogP contribution in [0, 0.1) is 11.3 Å². The first kappa shape index (κ1) is 21.9. The number of nitrogens with one attached hydrogen (secondary N) is 1. The molecule has 0 unspecified atom stereocenters. The molecular weight excluding hydrogens is 416 g/mol. The van der Waals surface area contributed by atoms with Crippen LogP contribution in [0.5, 0.6) is 11.5 Å². The van der Waals surface area contributed by atoms with Gasteiger partial charge in [0.25, 0.3) is 0 Å². The number of hydrogen-bond acceptors (Lipinski definition) is 9. The number of ether oxygens (including phenoxy) is 3. The topological polar surface area (TPSA) is 106 Å². The average molecular weight is 436 g/mol. The molecule has 2 aromatic carbocycles. The van der Waals surface area contributed by atoms with Crippen molar-refractivity contribution < 1.29 is 19.0 Å². The van der Waals surface area contributed by atoms with E-state index in [4.69, 9.17) is 14.2 Å². The van der Waals surface area contributed by atoms with Gasteiger partial charge in [0.2, 0.25) is 0 Å². The van der Waals surface area contributed by atoms with Crippen molar-refractivity contribution >= 4 is 29.2 Å². The van der Waals surface area contributed by atoms with Gasteiger partial charge >= 0.3 is 5.97 Å². The summed E-state index contributed by atoms with van der Waals surface area (Å²) in [6, 6.07) is 14.2. The minimum Gasteiger partial charge on any atom is -0.493 e. The van der Waals surface area contributed by atoms with E-state index in [1.54, 1.807) is 50.6 Å². The van der Waals surface area contributed by atoms with E-state index in [1.165, 1.54) is 18.9 Å². The molecule has 3 rings (SSSR count). The molecule has 0 atom stereocenters. The smallest absolute Gasteiger partial charge is 0.337 e. The molecule has 0 saturated carbocycles. The molecule has 0 aliphatic rings. The van der Waals surface area contributed by atoms with Crippen molar-refractivity contribution in [3.05, 3.63) is 53.6 Å². The molecule has 8 nitrogen and oxygen atoms in total. The van der Waals surface area contributed by atoms with Gasteiger partial charge in [0.1, 0.15) is 11.6 Å². The monoisotopic (exact) mass is 436 g/mol. The third-order valence-corrected chi connectivity index (χ3v) is 4.96. The fourth-order valence-electron chi connectivity index (χ4n) is 2.86. The normalized spacial score (nSPS) is 10.2. The number of carbonyl (C=O) groups excluding carboxylic acids is 1. The molecule has 158 valence electrons. The third-order valence-electron chi connectivity index (χ3n) is 4.41. The van der Waals surface area contributed by atoms with E-state index in [0.717, 1.165) is 0 Å². The van der Waals surface area contributed by atoms with Gasteiger partial charge < -0.3 is 19.5 Å². The molecule has 31 heavy (non-hydrogen) atoms. The highest BCUT2D eigenvalue weighted by atomic mass is 32.2. The van der Waals surface area contributed by atoms with Crippen molar-refractivity contribution in [1.29, 1.82) is 5.26 Å². The van der Waals surface area contributed by atoms with Crippen LogP contribution in [-0.2, 0) is 4.74 Å². The van der Waals surface area contributed by atoms with Crippen molar-refractivity contribution in [1.82, 2.24) is 9.97 Å². The number of aromatic nitrogens is 2. The molecule has 0 aliphatic carbocycles. The van der Waals surface area contributed by atoms with E-state index in [2.05, 4.69) is 21.4 Å². The van der Waals surface area contributed by atoms with Gasteiger partial charge in [0.05, 0.1) is 32.6 Å². The van der Waals surface area contributed by atoms with Crippen molar-refractivity contribution in [2.24, 2.45) is 0 Å². The third kappa shape index (κ3) is 4.70. The van der Waals surface area contributed by atoms with Crippen molar-refractivity contribution in [3.8, 4) is 28.8 Å². The first-order chi connectivity index (χ1) is 15.0. The molecule has 0 amide bonds. The summed E-state index contributed by atoms with van der Waals surface area (Å²) in [5.74, 6) is 1.04. The van der Waals surface area contributed by atoms with Gasteiger partial charge in [-0.05, 0) is 48.7 Å². The van der Waals surface area contributed by atoms with Crippen LogP contribution in [-0.4, -0.2) is 43.5 Å². The Kier molecular flexibility index (Phi) is 6.95. The standard InChI is InChI=1S/C22H20N4O4S/c1-28-17-10-7-14(11-18(17)29-2)19-16(12-23)20(26-22(25-19)31-4)24-15-8-5-13(6-9-15)21(27)30-3/h5-11H,1-4H3,(H,24,25,26). The first-order valence-corrected chi connectivity index (χ1v) is 10.3. The van der Waals surface area contributed by atoms with Crippen LogP contribution in [0.2, 0.25) is 0 Å². The summed E-state index contributed by atoms with van der Waals surface area (Å²) in [5, 5.41) is 13.5. The number of hydrogen-bond donors (Lipinski definition) is 1. The maximum absolute atomic E-state index is 11.6. The Morgan fingerprint density at radius 1 is 1.03 bits per heavy atom. The number of anilines is 2. The lowest BCUT2D eigenvalue weighted by atomic mass is 10.1. The van der Waals surface area contributed by atoms with Gasteiger partial charge in [-0.15, -0.1) is 0 Å². The highest BCUT2D eigenvalue weighted by molar-refractivity contribution is 7.98. The molecule has 0 spiro atoms. The Morgan fingerprint density at radius 3 is 2.32 bits per heavy atom. The molecule has 0 aliphatic heterocycles. The molecule has 1 N–H and O–H groups in total. The summed E-state index contributed by atoms with van der Waals surface area (Å²) >= 11 is 1.36. The van der Waals surface area contributed by atoms with E-state index < -0.39 is 5.97 Å². The SMILES string of the molecule is COC(=O)c1ccc(Nc2nc(SC)nc(-c3ccc(OC)c(OC)c3)c2C#N)cc1. The Morgan fingerprint density at radius 2 is 1.74 bits per heavy atom. The molecule has 9 heteroatoms. The molecule has 3 aromatic rings. The van der Waals surface area contributed by atoms with Crippen LogP contribution in [0.3, 0.4) is 0 Å². The fraction of sp³-hybridized carbons (Fsp3) is 0.182. The molecule has 0 bridgehead atoms. The van der Waals surface area contributed by atoms with Crippen LogP contribution in [0.1, 0.15) is 15.9 Å². The number of thioether (sulfide) groups is 1. The molecule has 1 aromatic heterocycles. The number of carbonyl (C=O) groups is 1. The lowest BCUT2D eigenvalue weighted by Gasteiger charge is -2.14. The summed E-state index contributed by atoms with van der Waals surface area (Å²) in [6.07, 6.45) is 1.86. The zero-order valence-corrected chi connectivity index (χ0v) is 18.2. The zero-order chi connectivity index (χ0) is 22.4. The van der Waals surface area contributed by atoms with Gasteiger partial charge in [-0.25, -0.2) is 14.8 Å². The van der Waals surface area contributed by atoms with Gasteiger partial charge in [0, 0.05) is 11.3 Å². The predicted octanol–water partition coefficient (Wildman–Crippen LogP) is 4.28. The van der Waals surface area contributed by atoms with E-state index in [0.29, 0.717) is 45.0 Å². The molecule has 0 saturated heterocycles. The number of methoxy groups -OCH3 is 3. The molecule has 0 radical (unpaired) electrons. The van der Waals surface area contributed by atoms with Crippen LogP contribution < -0.4 is 14.8 Å². The average Bonchev–Trinajstić information content (AvgIpc) is 2.82. The number of esters is 1. The summed E-state index contributed by atoms with van der Waals surface area (Å²) in [7, 11) is 4.43. The molecular formula is C22H20N4O4S. The number of rotatable bonds is 7. The zero-order valence-electron chi connectivity index (χ0n) is 17.4. The van der Waals surface area contributed by atoms with Gasteiger partial charge in [-0.3, -0.25) is 0 Å².